The van der Waals surface area contributed by atoms with Crippen molar-refractivity contribution in [2.45, 2.75) is 13.3 Å². The van der Waals surface area contributed by atoms with Crippen LogP contribution in [0.15, 0.2) is 22.7 Å². The van der Waals surface area contributed by atoms with Crippen molar-refractivity contribution in [2.75, 3.05) is 39.3 Å². The van der Waals surface area contributed by atoms with Gasteiger partial charge in [-0.15, -0.1) is 0 Å². The molecule has 0 spiro atoms. The fraction of sp³-hybridized carbons (Fsp3) is 0.533. The number of β-amino-alcohol motifs (C(OH)–C–C–N with tert-alkyl or cyclic N) is 1. The highest BCUT2D eigenvalue weighted by atomic mass is 79.9. The molecule has 0 radical (unpaired) electrons. The number of hydrogen-bond donors (Lipinski definition) is 1. The molecule has 2 rings (SSSR count). The number of aliphatic hydroxyl groups excluding tert-OH is 1. The van der Waals surface area contributed by atoms with Crippen LogP contribution in [-0.4, -0.2) is 60.1 Å². The molecule has 1 aliphatic heterocycles. The number of carbonyl (C=O) groups excluding carboxylic acids is 1. The molecule has 1 amide bonds. The number of carbonyl (C=O) groups is 1. The number of benzene rings is 1. The first-order valence-corrected chi connectivity index (χ1v) is 7.80. The molecule has 1 saturated heterocycles. The molecule has 110 valence electrons. The van der Waals surface area contributed by atoms with Crippen LogP contribution in [0.1, 0.15) is 22.3 Å². The van der Waals surface area contributed by atoms with Crippen molar-refractivity contribution in [1.29, 1.82) is 0 Å². The molecule has 1 N–H and O–H groups in total. The van der Waals surface area contributed by atoms with Gasteiger partial charge in [0.15, 0.2) is 0 Å². The van der Waals surface area contributed by atoms with Gasteiger partial charge in [-0.25, -0.2) is 0 Å². The third-order valence-electron chi connectivity index (χ3n) is 3.70. The highest BCUT2D eigenvalue weighted by Crippen LogP contribution is 2.18. The van der Waals surface area contributed by atoms with Crippen LogP contribution in [0.2, 0.25) is 0 Å². The van der Waals surface area contributed by atoms with Gasteiger partial charge in [-0.1, -0.05) is 15.9 Å². The second kappa shape index (κ2) is 7.20. The zero-order chi connectivity index (χ0) is 14.5. The Balaban J connectivity index is 2.03. The van der Waals surface area contributed by atoms with Crippen molar-refractivity contribution in [2.24, 2.45) is 0 Å². The van der Waals surface area contributed by atoms with Gasteiger partial charge < -0.3 is 10.0 Å². The second-order valence-corrected chi connectivity index (χ2v) is 6.03. The van der Waals surface area contributed by atoms with Crippen molar-refractivity contribution < 1.29 is 9.90 Å². The van der Waals surface area contributed by atoms with Crippen LogP contribution in [0, 0.1) is 6.92 Å². The first-order chi connectivity index (χ1) is 9.61. The van der Waals surface area contributed by atoms with Crippen molar-refractivity contribution in [3.05, 3.63) is 33.8 Å². The van der Waals surface area contributed by atoms with Gasteiger partial charge in [-0.05, 0) is 43.7 Å². The number of aliphatic hydroxyl groups is 1. The normalized spacial score (nSPS) is 17.1. The van der Waals surface area contributed by atoms with E-state index in [0.717, 1.165) is 48.2 Å². The maximum absolute atomic E-state index is 12.5. The van der Waals surface area contributed by atoms with Crippen molar-refractivity contribution in [3.8, 4) is 0 Å². The lowest BCUT2D eigenvalue weighted by atomic mass is 10.1. The lowest BCUT2D eigenvalue weighted by Gasteiger charge is -2.21. The fourth-order valence-corrected chi connectivity index (χ4v) is 2.75. The summed E-state index contributed by atoms with van der Waals surface area (Å²) >= 11 is 3.46. The van der Waals surface area contributed by atoms with E-state index in [2.05, 4.69) is 20.8 Å². The molecule has 5 heteroatoms. The van der Waals surface area contributed by atoms with E-state index in [1.165, 1.54) is 0 Å². The minimum Gasteiger partial charge on any atom is -0.395 e. The Hall–Kier alpha value is -0.910. The van der Waals surface area contributed by atoms with Crippen LogP contribution in [0.4, 0.5) is 0 Å². The SMILES string of the molecule is Cc1cc(C(=O)N2CCCN(CCO)CC2)ccc1Br. The van der Waals surface area contributed by atoms with Crippen LogP contribution in [-0.2, 0) is 0 Å². The maximum Gasteiger partial charge on any atom is 0.253 e. The average Bonchev–Trinajstić information content (AvgIpc) is 2.67. The molecule has 0 atom stereocenters. The van der Waals surface area contributed by atoms with E-state index >= 15 is 0 Å². The lowest BCUT2D eigenvalue weighted by molar-refractivity contribution is 0.0760. The van der Waals surface area contributed by atoms with E-state index in [1.807, 2.05) is 30.0 Å². The zero-order valence-corrected chi connectivity index (χ0v) is 13.4. The van der Waals surface area contributed by atoms with Crippen LogP contribution < -0.4 is 0 Å². The number of halogens is 1. The number of hydrogen-bond acceptors (Lipinski definition) is 3. The second-order valence-electron chi connectivity index (χ2n) is 5.17. The minimum atomic E-state index is 0.103. The largest absolute Gasteiger partial charge is 0.395 e. The van der Waals surface area contributed by atoms with Crippen LogP contribution in [0.3, 0.4) is 0 Å². The van der Waals surface area contributed by atoms with E-state index in [1.54, 1.807) is 0 Å². The first-order valence-electron chi connectivity index (χ1n) is 7.00. The van der Waals surface area contributed by atoms with Gasteiger partial charge >= 0.3 is 0 Å². The molecule has 1 heterocycles. The third kappa shape index (κ3) is 3.81. The first kappa shape index (κ1) is 15.5. The van der Waals surface area contributed by atoms with E-state index in [0.29, 0.717) is 6.54 Å². The monoisotopic (exact) mass is 340 g/mol. The third-order valence-corrected chi connectivity index (χ3v) is 4.59. The molecular formula is C15H21BrN2O2. The van der Waals surface area contributed by atoms with Gasteiger partial charge in [0, 0.05) is 36.2 Å². The smallest absolute Gasteiger partial charge is 0.253 e. The van der Waals surface area contributed by atoms with Crippen LogP contribution in [0.25, 0.3) is 0 Å². The summed E-state index contributed by atoms with van der Waals surface area (Å²) in [4.78, 5) is 16.6. The molecule has 0 unspecified atom stereocenters. The van der Waals surface area contributed by atoms with Crippen molar-refractivity contribution in [3.63, 3.8) is 0 Å². The van der Waals surface area contributed by atoms with Gasteiger partial charge in [0.25, 0.3) is 5.91 Å². The summed E-state index contributed by atoms with van der Waals surface area (Å²) < 4.78 is 1.03. The Bertz CT molecular complexity index is 479. The number of rotatable bonds is 3. The Morgan fingerprint density at radius 2 is 2.10 bits per heavy atom. The molecule has 20 heavy (non-hydrogen) atoms. The standard InChI is InChI=1S/C15H21BrN2O2/c1-12-11-13(3-4-14(12)16)15(20)18-6-2-5-17(7-8-18)9-10-19/h3-4,11,19H,2,5-10H2,1H3. The summed E-state index contributed by atoms with van der Waals surface area (Å²) in [6, 6.07) is 5.73. The van der Waals surface area contributed by atoms with E-state index in [9.17, 15) is 4.79 Å². The summed E-state index contributed by atoms with van der Waals surface area (Å²) in [6.07, 6.45) is 0.960. The molecular weight excluding hydrogens is 320 g/mol. The maximum atomic E-state index is 12.5. The summed E-state index contributed by atoms with van der Waals surface area (Å²) in [7, 11) is 0. The summed E-state index contributed by atoms with van der Waals surface area (Å²) in [5.74, 6) is 0.103. The Morgan fingerprint density at radius 1 is 1.30 bits per heavy atom. The summed E-state index contributed by atoms with van der Waals surface area (Å²) in [6.45, 7) is 6.17. The highest BCUT2D eigenvalue weighted by Gasteiger charge is 2.20. The topological polar surface area (TPSA) is 43.8 Å². The Kier molecular flexibility index (Phi) is 5.57. The van der Waals surface area contributed by atoms with Gasteiger partial charge in [0.1, 0.15) is 0 Å². The molecule has 1 aromatic rings. The number of nitrogens with zero attached hydrogens (tertiary/aromatic N) is 2. The van der Waals surface area contributed by atoms with E-state index < -0.39 is 0 Å². The molecule has 1 aromatic carbocycles. The van der Waals surface area contributed by atoms with Gasteiger partial charge in [0.05, 0.1) is 6.61 Å². The minimum absolute atomic E-state index is 0.103. The van der Waals surface area contributed by atoms with Crippen LogP contribution >= 0.6 is 15.9 Å². The Morgan fingerprint density at radius 3 is 2.80 bits per heavy atom. The highest BCUT2D eigenvalue weighted by molar-refractivity contribution is 9.10. The molecule has 1 aliphatic rings. The predicted octanol–water partition coefficient (Wildman–Crippen LogP) is 1.90. The molecule has 4 nitrogen and oxygen atoms in total. The Labute approximate surface area is 128 Å². The van der Waals surface area contributed by atoms with Gasteiger partial charge in [0.2, 0.25) is 0 Å². The summed E-state index contributed by atoms with van der Waals surface area (Å²) in [5, 5.41) is 8.99. The molecule has 1 fully saturated rings. The predicted molar refractivity (Wildman–Crippen MR) is 82.9 cm³/mol. The van der Waals surface area contributed by atoms with E-state index in [-0.39, 0.29) is 12.5 Å². The molecule has 0 aromatic heterocycles. The van der Waals surface area contributed by atoms with Gasteiger partial charge in [-0.3, -0.25) is 9.69 Å². The van der Waals surface area contributed by atoms with E-state index in [4.69, 9.17) is 5.11 Å². The summed E-state index contributed by atoms with van der Waals surface area (Å²) in [5.41, 5.74) is 1.83. The van der Waals surface area contributed by atoms with Crippen LogP contribution in [0.5, 0.6) is 0 Å². The quantitative estimate of drug-likeness (QED) is 0.913. The van der Waals surface area contributed by atoms with Gasteiger partial charge in [-0.2, -0.15) is 0 Å². The van der Waals surface area contributed by atoms with Crippen molar-refractivity contribution in [1.82, 2.24) is 9.80 Å². The van der Waals surface area contributed by atoms with Crippen molar-refractivity contribution >= 4 is 21.8 Å². The fourth-order valence-electron chi connectivity index (χ4n) is 2.50. The average molecular weight is 341 g/mol. The molecule has 0 bridgehead atoms. The molecule has 0 saturated carbocycles. The number of amides is 1. The zero-order valence-electron chi connectivity index (χ0n) is 11.8. The number of aryl methyl sites for hydroxylation is 1. The lowest BCUT2D eigenvalue weighted by Crippen LogP contribution is -2.35. The molecule has 0 aliphatic carbocycles.